The highest BCUT2D eigenvalue weighted by Gasteiger charge is 2.26. The molecular formula is C30H45NO3. The van der Waals surface area contributed by atoms with Gasteiger partial charge < -0.3 is 10.1 Å². The van der Waals surface area contributed by atoms with Crippen LogP contribution in [-0.2, 0) is 9.59 Å². The highest BCUT2D eigenvalue weighted by atomic mass is 16.5. The Labute approximate surface area is 206 Å². The first-order valence-corrected chi connectivity index (χ1v) is 13.6. The lowest BCUT2D eigenvalue weighted by Gasteiger charge is -2.19. The molecule has 188 valence electrons. The van der Waals surface area contributed by atoms with Gasteiger partial charge in [0.2, 0.25) is 5.91 Å². The number of ketones is 1. The van der Waals surface area contributed by atoms with Gasteiger partial charge in [-0.1, -0.05) is 57.4 Å². The van der Waals surface area contributed by atoms with E-state index in [1.54, 1.807) is 0 Å². The molecule has 1 fully saturated rings. The van der Waals surface area contributed by atoms with Crippen molar-refractivity contribution in [1.29, 1.82) is 0 Å². The molecule has 2 aliphatic carbocycles. The average Bonchev–Trinajstić information content (AvgIpc) is 3.57. The first kappa shape index (κ1) is 26.5. The lowest BCUT2D eigenvalue weighted by atomic mass is 9.88. The number of hydrogen-bond donors (Lipinski definition) is 1. The summed E-state index contributed by atoms with van der Waals surface area (Å²) in [6.45, 7) is 7.57. The molecule has 4 heteroatoms. The summed E-state index contributed by atoms with van der Waals surface area (Å²) >= 11 is 0. The van der Waals surface area contributed by atoms with Gasteiger partial charge >= 0.3 is 0 Å². The first-order valence-electron chi connectivity index (χ1n) is 13.6. The fraction of sp³-hybridized carbons (Fsp3) is 0.667. The number of carbonyl (C=O) groups excluding carboxylic acids is 2. The standard InChI is InChI=1S/C30H45NO3/c1-22(10-8-14-30(33)31-25-17-18-25)9-7-13-28-27(19-20-29(28)32)24(3)16-15-23(2)21-34-26-11-5-4-6-12-26/h4-6,11-12,22-25H,7-10,13-21H2,1-3H3,(H,31,33). The van der Waals surface area contributed by atoms with Crippen LogP contribution in [0.4, 0.5) is 0 Å². The van der Waals surface area contributed by atoms with Crippen molar-refractivity contribution in [2.75, 3.05) is 6.61 Å². The number of hydrogen-bond acceptors (Lipinski definition) is 3. The molecule has 0 radical (unpaired) electrons. The molecule has 3 unspecified atom stereocenters. The predicted molar refractivity (Wildman–Crippen MR) is 139 cm³/mol. The minimum absolute atomic E-state index is 0.219. The summed E-state index contributed by atoms with van der Waals surface area (Å²) in [5.41, 5.74) is 2.56. The largest absolute Gasteiger partial charge is 0.493 e. The lowest BCUT2D eigenvalue weighted by Crippen LogP contribution is -2.24. The van der Waals surface area contributed by atoms with Gasteiger partial charge in [0.25, 0.3) is 0 Å². The number of Topliss-reactive ketones (excluding diaryl/α,β-unsaturated/α-hetero) is 1. The van der Waals surface area contributed by atoms with Crippen LogP contribution in [0.2, 0.25) is 0 Å². The molecule has 0 bridgehead atoms. The molecule has 3 atom stereocenters. The first-order chi connectivity index (χ1) is 16.4. The van der Waals surface area contributed by atoms with Crippen LogP contribution in [0.15, 0.2) is 41.5 Å². The summed E-state index contributed by atoms with van der Waals surface area (Å²) in [5, 5.41) is 3.07. The van der Waals surface area contributed by atoms with E-state index in [4.69, 9.17) is 4.74 Å². The van der Waals surface area contributed by atoms with Crippen LogP contribution in [-0.4, -0.2) is 24.3 Å². The van der Waals surface area contributed by atoms with Crippen LogP contribution in [0.3, 0.4) is 0 Å². The SMILES string of the molecule is CC(CCCC(=O)NC1CC1)CCCC1=C(C(C)CCC(C)COc2ccccc2)CCC1=O. The second kappa shape index (κ2) is 13.7. The zero-order chi connectivity index (χ0) is 24.3. The van der Waals surface area contributed by atoms with Crippen LogP contribution in [0.25, 0.3) is 0 Å². The molecule has 0 saturated heterocycles. The van der Waals surface area contributed by atoms with Gasteiger partial charge in [-0.2, -0.15) is 0 Å². The number of carbonyl (C=O) groups is 2. The van der Waals surface area contributed by atoms with E-state index >= 15 is 0 Å². The van der Waals surface area contributed by atoms with Crippen molar-refractivity contribution >= 4 is 11.7 Å². The minimum Gasteiger partial charge on any atom is -0.493 e. The Morgan fingerprint density at radius 2 is 1.71 bits per heavy atom. The third-order valence-electron chi connectivity index (χ3n) is 7.48. The maximum absolute atomic E-state index is 12.6. The van der Waals surface area contributed by atoms with E-state index in [2.05, 4.69) is 26.1 Å². The van der Waals surface area contributed by atoms with E-state index in [0.29, 0.717) is 42.4 Å². The number of para-hydroxylation sites is 1. The molecule has 1 saturated carbocycles. The molecule has 0 spiro atoms. The Kier molecular flexibility index (Phi) is 10.7. The van der Waals surface area contributed by atoms with Gasteiger partial charge in [0.05, 0.1) is 6.61 Å². The van der Waals surface area contributed by atoms with Crippen LogP contribution in [0, 0.1) is 17.8 Å². The summed E-state index contributed by atoms with van der Waals surface area (Å²) in [7, 11) is 0. The van der Waals surface area contributed by atoms with Gasteiger partial charge in [0.15, 0.2) is 5.78 Å². The van der Waals surface area contributed by atoms with E-state index in [0.717, 1.165) is 82.1 Å². The van der Waals surface area contributed by atoms with Gasteiger partial charge in [-0.15, -0.1) is 0 Å². The van der Waals surface area contributed by atoms with Crippen molar-refractivity contribution in [3.63, 3.8) is 0 Å². The molecule has 4 nitrogen and oxygen atoms in total. The van der Waals surface area contributed by atoms with Crippen LogP contribution in [0.1, 0.15) is 97.8 Å². The Hall–Kier alpha value is -2.10. The van der Waals surface area contributed by atoms with Crippen LogP contribution >= 0.6 is 0 Å². The Balaban J connectivity index is 1.34. The molecule has 1 aromatic rings. The lowest BCUT2D eigenvalue weighted by molar-refractivity contribution is -0.121. The zero-order valence-corrected chi connectivity index (χ0v) is 21.6. The monoisotopic (exact) mass is 467 g/mol. The molecular weight excluding hydrogens is 422 g/mol. The normalized spacial score (nSPS) is 18.6. The van der Waals surface area contributed by atoms with Gasteiger partial charge in [-0.25, -0.2) is 0 Å². The van der Waals surface area contributed by atoms with Gasteiger partial charge in [-0.05, 0) is 86.8 Å². The number of amides is 1. The van der Waals surface area contributed by atoms with Crippen molar-refractivity contribution in [2.45, 2.75) is 104 Å². The molecule has 2 aliphatic rings. The highest BCUT2D eigenvalue weighted by molar-refractivity contribution is 5.98. The molecule has 0 aromatic heterocycles. The van der Waals surface area contributed by atoms with E-state index in [1.165, 1.54) is 5.57 Å². The third kappa shape index (κ3) is 9.27. The third-order valence-corrected chi connectivity index (χ3v) is 7.48. The molecule has 1 N–H and O–H groups in total. The molecule has 34 heavy (non-hydrogen) atoms. The van der Waals surface area contributed by atoms with Crippen molar-refractivity contribution in [3.8, 4) is 5.75 Å². The predicted octanol–water partition coefficient (Wildman–Crippen LogP) is 7.03. The van der Waals surface area contributed by atoms with Gasteiger partial charge in [0.1, 0.15) is 5.75 Å². The van der Waals surface area contributed by atoms with E-state index in [1.807, 2.05) is 30.3 Å². The van der Waals surface area contributed by atoms with Gasteiger partial charge in [-0.3, -0.25) is 9.59 Å². The van der Waals surface area contributed by atoms with Crippen LogP contribution < -0.4 is 10.1 Å². The Morgan fingerprint density at radius 3 is 2.44 bits per heavy atom. The number of rotatable bonds is 16. The van der Waals surface area contributed by atoms with Crippen molar-refractivity contribution < 1.29 is 14.3 Å². The minimum atomic E-state index is 0.219. The van der Waals surface area contributed by atoms with E-state index in [9.17, 15) is 9.59 Å². The molecule has 0 heterocycles. The Bertz CT molecular complexity index is 812. The Morgan fingerprint density at radius 1 is 0.971 bits per heavy atom. The fourth-order valence-corrected chi connectivity index (χ4v) is 5.03. The number of benzene rings is 1. The summed E-state index contributed by atoms with van der Waals surface area (Å²) in [6.07, 6.45) is 12.0. The summed E-state index contributed by atoms with van der Waals surface area (Å²) in [4.78, 5) is 24.4. The second-order valence-electron chi connectivity index (χ2n) is 10.9. The maximum Gasteiger partial charge on any atom is 0.220 e. The molecule has 0 aliphatic heterocycles. The molecule has 1 amide bonds. The van der Waals surface area contributed by atoms with Crippen molar-refractivity contribution in [2.24, 2.45) is 17.8 Å². The zero-order valence-electron chi connectivity index (χ0n) is 21.6. The fourth-order valence-electron chi connectivity index (χ4n) is 5.03. The summed E-state index contributed by atoms with van der Waals surface area (Å²) < 4.78 is 5.91. The number of nitrogens with one attached hydrogen (secondary N) is 1. The van der Waals surface area contributed by atoms with E-state index in [-0.39, 0.29) is 5.91 Å². The van der Waals surface area contributed by atoms with Crippen LogP contribution in [0.5, 0.6) is 5.75 Å². The summed E-state index contributed by atoms with van der Waals surface area (Å²) in [5.74, 6) is 3.11. The van der Waals surface area contributed by atoms with Gasteiger partial charge in [0, 0.05) is 18.9 Å². The molecule has 3 rings (SSSR count). The van der Waals surface area contributed by atoms with E-state index < -0.39 is 0 Å². The number of ether oxygens (including phenoxy) is 1. The van der Waals surface area contributed by atoms with Crippen molar-refractivity contribution in [3.05, 3.63) is 41.5 Å². The molecule has 1 aromatic carbocycles. The highest BCUT2D eigenvalue weighted by Crippen LogP contribution is 2.35. The quantitative estimate of drug-likeness (QED) is 0.284. The average molecular weight is 468 g/mol. The topological polar surface area (TPSA) is 55.4 Å². The van der Waals surface area contributed by atoms with Crippen molar-refractivity contribution in [1.82, 2.24) is 5.32 Å². The summed E-state index contributed by atoms with van der Waals surface area (Å²) in [6, 6.07) is 10.5. The smallest absolute Gasteiger partial charge is 0.220 e. The second-order valence-corrected chi connectivity index (χ2v) is 10.9. The number of allylic oxidation sites excluding steroid dienone is 2. The maximum atomic E-state index is 12.6.